The molecule has 3 rings (SSSR count). The lowest BCUT2D eigenvalue weighted by molar-refractivity contribution is 0.0928. The molecule has 0 atom stereocenters. The van der Waals surface area contributed by atoms with Gasteiger partial charge in [0.1, 0.15) is 18.2 Å². The number of ether oxygens (including phenoxy) is 3. The molecule has 0 spiro atoms. The number of carbonyl (C=O) groups is 1. The van der Waals surface area contributed by atoms with E-state index in [1.165, 1.54) is 17.7 Å². The lowest BCUT2D eigenvalue weighted by Crippen LogP contribution is -2.24. The van der Waals surface area contributed by atoms with Crippen molar-refractivity contribution in [3.8, 4) is 17.2 Å². The van der Waals surface area contributed by atoms with Gasteiger partial charge in [-0.25, -0.2) is 4.39 Å². The predicted octanol–water partition coefficient (Wildman–Crippen LogP) is 3.01. The van der Waals surface area contributed by atoms with Gasteiger partial charge in [-0.2, -0.15) is 0 Å². The van der Waals surface area contributed by atoms with Crippen LogP contribution in [0.3, 0.4) is 0 Å². The Balaban J connectivity index is 1.44. The molecule has 0 amide bonds. The SMILES string of the molecule is COc1ccc(CCNCCOc2cc(F)cc3c2OCCC3=O)cc1. The Morgan fingerprint density at radius 3 is 2.77 bits per heavy atom. The summed E-state index contributed by atoms with van der Waals surface area (Å²) in [5.41, 5.74) is 1.48. The van der Waals surface area contributed by atoms with E-state index in [0.29, 0.717) is 25.5 Å². The fraction of sp³-hybridized carbons (Fsp3) is 0.350. The number of hydrogen-bond acceptors (Lipinski definition) is 5. The van der Waals surface area contributed by atoms with E-state index in [-0.39, 0.29) is 23.5 Å². The molecule has 2 aromatic carbocycles. The molecule has 2 aromatic rings. The third-order valence-electron chi connectivity index (χ3n) is 4.18. The molecule has 1 aliphatic heterocycles. The van der Waals surface area contributed by atoms with E-state index in [4.69, 9.17) is 14.2 Å². The number of benzene rings is 2. The summed E-state index contributed by atoms with van der Waals surface area (Å²) < 4.78 is 29.9. The van der Waals surface area contributed by atoms with Crippen LogP contribution in [-0.4, -0.2) is 39.2 Å². The molecule has 0 saturated carbocycles. The number of hydrogen-bond donors (Lipinski definition) is 1. The molecule has 0 fully saturated rings. The summed E-state index contributed by atoms with van der Waals surface area (Å²) in [5.74, 6) is 0.860. The summed E-state index contributed by atoms with van der Waals surface area (Å²) >= 11 is 0. The molecule has 6 heteroatoms. The van der Waals surface area contributed by atoms with E-state index in [1.807, 2.05) is 24.3 Å². The van der Waals surface area contributed by atoms with Gasteiger partial charge in [0, 0.05) is 19.0 Å². The number of methoxy groups -OCH3 is 1. The van der Waals surface area contributed by atoms with Crippen LogP contribution in [-0.2, 0) is 6.42 Å². The van der Waals surface area contributed by atoms with Crippen LogP contribution < -0.4 is 19.5 Å². The zero-order valence-electron chi connectivity index (χ0n) is 14.7. The first kappa shape index (κ1) is 18.2. The summed E-state index contributed by atoms with van der Waals surface area (Å²) in [4.78, 5) is 11.9. The van der Waals surface area contributed by atoms with Crippen LogP contribution in [0.15, 0.2) is 36.4 Å². The third-order valence-corrected chi connectivity index (χ3v) is 4.18. The fourth-order valence-corrected chi connectivity index (χ4v) is 2.80. The molecule has 1 heterocycles. The van der Waals surface area contributed by atoms with Gasteiger partial charge >= 0.3 is 0 Å². The maximum atomic E-state index is 13.7. The van der Waals surface area contributed by atoms with Crippen molar-refractivity contribution in [3.63, 3.8) is 0 Å². The van der Waals surface area contributed by atoms with E-state index >= 15 is 0 Å². The van der Waals surface area contributed by atoms with E-state index in [1.54, 1.807) is 7.11 Å². The van der Waals surface area contributed by atoms with Crippen LogP contribution in [0.25, 0.3) is 0 Å². The molecule has 0 radical (unpaired) electrons. The number of fused-ring (bicyclic) bond motifs is 1. The molecule has 0 bridgehead atoms. The molecule has 26 heavy (non-hydrogen) atoms. The Morgan fingerprint density at radius 2 is 2.00 bits per heavy atom. The van der Waals surface area contributed by atoms with Gasteiger partial charge in [-0.15, -0.1) is 0 Å². The first-order valence-electron chi connectivity index (χ1n) is 8.63. The second-order valence-electron chi connectivity index (χ2n) is 6.00. The topological polar surface area (TPSA) is 56.8 Å². The van der Waals surface area contributed by atoms with Gasteiger partial charge < -0.3 is 19.5 Å². The molecular weight excluding hydrogens is 337 g/mol. The number of ketones is 1. The van der Waals surface area contributed by atoms with Crippen LogP contribution in [0.5, 0.6) is 17.2 Å². The number of halogens is 1. The van der Waals surface area contributed by atoms with Crippen LogP contribution >= 0.6 is 0 Å². The van der Waals surface area contributed by atoms with E-state index in [2.05, 4.69) is 5.32 Å². The van der Waals surface area contributed by atoms with Crippen molar-refractivity contribution >= 4 is 5.78 Å². The summed E-state index contributed by atoms with van der Waals surface area (Å²) in [5, 5.41) is 3.28. The van der Waals surface area contributed by atoms with Crippen LogP contribution in [0.1, 0.15) is 22.3 Å². The first-order chi connectivity index (χ1) is 12.7. The first-order valence-corrected chi connectivity index (χ1v) is 8.63. The number of nitrogens with one attached hydrogen (secondary N) is 1. The number of Topliss-reactive ketones (excluding diaryl/α,β-unsaturated/α-hetero) is 1. The fourth-order valence-electron chi connectivity index (χ4n) is 2.80. The van der Waals surface area contributed by atoms with Gasteiger partial charge in [-0.05, 0) is 36.7 Å². The Hall–Kier alpha value is -2.60. The molecule has 0 saturated heterocycles. The number of carbonyl (C=O) groups excluding carboxylic acids is 1. The van der Waals surface area contributed by atoms with E-state index < -0.39 is 5.82 Å². The molecular formula is C20H22FNO4. The highest BCUT2D eigenvalue weighted by atomic mass is 19.1. The largest absolute Gasteiger partial charge is 0.497 e. The summed E-state index contributed by atoms with van der Waals surface area (Å²) in [6.07, 6.45) is 1.15. The van der Waals surface area contributed by atoms with Crippen LogP contribution in [0, 0.1) is 5.82 Å². The van der Waals surface area contributed by atoms with Gasteiger partial charge in [0.25, 0.3) is 0 Å². The minimum atomic E-state index is -0.495. The van der Waals surface area contributed by atoms with Gasteiger partial charge in [0.15, 0.2) is 17.3 Å². The van der Waals surface area contributed by atoms with Crippen molar-refractivity contribution in [1.29, 1.82) is 0 Å². The molecule has 0 aliphatic carbocycles. The molecule has 0 aromatic heterocycles. The van der Waals surface area contributed by atoms with Crippen molar-refractivity contribution in [2.45, 2.75) is 12.8 Å². The number of rotatable bonds is 8. The van der Waals surface area contributed by atoms with E-state index in [9.17, 15) is 9.18 Å². The summed E-state index contributed by atoms with van der Waals surface area (Å²) in [6, 6.07) is 10.4. The van der Waals surface area contributed by atoms with Crippen molar-refractivity contribution in [1.82, 2.24) is 5.32 Å². The lowest BCUT2D eigenvalue weighted by atomic mass is 10.0. The minimum Gasteiger partial charge on any atom is -0.497 e. The lowest BCUT2D eigenvalue weighted by Gasteiger charge is -2.19. The molecule has 1 N–H and O–H groups in total. The highest BCUT2D eigenvalue weighted by Crippen LogP contribution is 2.35. The molecule has 138 valence electrons. The zero-order valence-corrected chi connectivity index (χ0v) is 14.7. The Bertz CT molecular complexity index is 761. The highest BCUT2D eigenvalue weighted by molar-refractivity contribution is 6.00. The standard InChI is InChI=1S/C20H22FNO4/c1-24-16-4-2-14(3-5-16)6-8-22-9-11-25-19-13-15(21)12-17-18(23)7-10-26-20(17)19/h2-5,12-13,22H,6-11H2,1H3. The minimum absolute atomic E-state index is 0.117. The van der Waals surface area contributed by atoms with Gasteiger partial charge in [-0.3, -0.25) is 4.79 Å². The smallest absolute Gasteiger partial charge is 0.172 e. The van der Waals surface area contributed by atoms with Crippen LogP contribution in [0.2, 0.25) is 0 Å². The van der Waals surface area contributed by atoms with E-state index in [0.717, 1.165) is 18.7 Å². The van der Waals surface area contributed by atoms with Crippen molar-refractivity contribution < 1.29 is 23.4 Å². The second kappa shape index (κ2) is 8.67. The predicted molar refractivity (Wildman–Crippen MR) is 95.9 cm³/mol. The average molecular weight is 359 g/mol. The van der Waals surface area contributed by atoms with Crippen molar-refractivity contribution in [2.75, 3.05) is 33.4 Å². The Kier molecular flexibility index (Phi) is 6.07. The maximum absolute atomic E-state index is 13.7. The molecule has 5 nitrogen and oxygen atoms in total. The monoisotopic (exact) mass is 359 g/mol. The quantitative estimate of drug-likeness (QED) is 0.735. The molecule has 0 unspecified atom stereocenters. The van der Waals surface area contributed by atoms with Crippen molar-refractivity contribution in [2.24, 2.45) is 0 Å². The van der Waals surface area contributed by atoms with Gasteiger partial charge in [-0.1, -0.05) is 12.1 Å². The molecule has 1 aliphatic rings. The maximum Gasteiger partial charge on any atom is 0.172 e. The summed E-state index contributed by atoms with van der Waals surface area (Å²) in [7, 11) is 1.65. The second-order valence-corrected chi connectivity index (χ2v) is 6.00. The van der Waals surface area contributed by atoms with Gasteiger partial charge in [0.05, 0.1) is 19.3 Å². The Labute approximate surface area is 152 Å². The third kappa shape index (κ3) is 4.52. The van der Waals surface area contributed by atoms with Crippen LogP contribution in [0.4, 0.5) is 4.39 Å². The summed E-state index contributed by atoms with van der Waals surface area (Å²) in [6.45, 7) is 2.06. The van der Waals surface area contributed by atoms with Gasteiger partial charge in [0.2, 0.25) is 0 Å². The normalized spacial score (nSPS) is 13.1. The average Bonchev–Trinajstić information content (AvgIpc) is 2.65. The highest BCUT2D eigenvalue weighted by Gasteiger charge is 2.23. The Morgan fingerprint density at radius 1 is 1.19 bits per heavy atom. The van der Waals surface area contributed by atoms with Crippen molar-refractivity contribution in [3.05, 3.63) is 53.3 Å². The zero-order chi connectivity index (χ0) is 18.4.